The maximum Gasteiger partial charge on any atom is 0.226 e. The summed E-state index contributed by atoms with van der Waals surface area (Å²) in [6.07, 6.45) is 0.374. The molecule has 1 atom stereocenters. The molecule has 1 aliphatic rings. The Bertz CT molecular complexity index is 898. The van der Waals surface area contributed by atoms with E-state index in [1.165, 1.54) is 0 Å². The number of carbonyl (C=O) groups is 1. The summed E-state index contributed by atoms with van der Waals surface area (Å²) in [5.74, 6) is 0.855. The number of rotatable bonds is 2. The van der Waals surface area contributed by atoms with E-state index in [0.717, 1.165) is 28.3 Å². The molecule has 2 N–H and O–H groups in total. The van der Waals surface area contributed by atoms with Gasteiger partial charge in [0.2, 0.25) is 5.91 Å². The average Bonchev–Trinajstić information content (AvgIpc) is 2.92. The summed E-state index contributed by atoms with van der Waals surface area (Å²) >= 11 is 0. The van der Waals surface area contributed by atoms with Crippen LogP contribution in [0.3, 0.4) is 0 Å². The Balaban J connectivity index is 1.87. The van der Waals surface area contributed by atoms with Crippen molar-refractivity contribution in [2.24, 2.45) is 0 Å². The number of hydrogen-bond acceptors (Lipinski definition) is 3. The SMILES string of the molecule is Cc1nn(-c2ccccc2)c2c1C(c1ccc(O)cc1)CC(=O)N2. The largest absolute Gasteiger partial charge is 0.508 e. The summed E-state index contributed by atoms with van der Waals surface area (Å²) in [5.41, 5.74) is 3.84. The monoisotopic (exact) mass is 319 g/mol. The van der Waals surface area contributed by atoms with Crippen LogP contribution in [0, 0.1) is 6.92 Å². The third-order valence-electron chi connectivity index (χ3n) is 4.40. The zero-order chi connectivity index (χ0) is 16.7. The van der Waals surface area contributed by atoms with Gasteiger partial charge in [-0.25, -0.2) is 4.68 Å². The molecule has 24 heavy (non-hydrogen) atoms. The number of benzene rings is 2. The highest BCUT2D eigenvalue weighted by molar-refractivity contribution is 5.95. The molecule has 0 saturated heterocycles. The van der Waals surface area contributed by atoms with Gasteiger partial charge >= 0.3 is 0 Å². The third-order valence-corrected chi connectivity index (χ3v) is 4.40. The number of nitrogens with zero attached hydrogens (tertiary/aromatic N) is 2. The Morgan fingerprint density at radius 3 is 2.54 bits per heavy atom. The summed E-state index contributed by atoms with van der Waals surface area (Å²) in [4.78, 5) is 12.3. The van der Waals surface area contributed by atoms with Crippen LogP contribution in [0.4, 0.5) is 5.82 Å². The quantitative estimate of drug-likeness (QED) is 0.761. The van der Waals surface area contributed by atoms with Crippen LogP contribution in [0.15, 0.2) is 54.6 Å². The van der Waals surface area contributed by atoms with Crippen LogP contribution >= 0.6 is 0 Å². The molecule has 0 spiro atoms. The zero-order valence-corrected chi connectivity index (χ0v) is 13.2. The minimum atomic E-state index is -0.0631. The van der Waals surface area contributed by atoms with E-state index in [-0.39, 0.29) is 17.6 Å². The topological polar surface area (TPSA) is 67.1 Å². The number of phenols is 1. The molecule has 1 aliphatic heterocycles. The van der Waals surface area contributed by atoms with Gasteiger partial charge in [0.25, 0.3) is 0 Å². The number of aryl methyl sites for hydroxylation is 1. The molecule has 0 aliphatic carbocycles. The first-order chi connectivity index (χ1) is 11.6. The molecule has 4 rings (SSSR count). The number of hydrogen-bond donors (Lipinski definition) is 2. The molecule has 1 unspecified atom stereocenters. The molecule has 5 heteroatoms. The van der Waals surface area contributed by atoms with Crippen molar-refractivity contribution >= 4 is 11.7 Å². The van der Waals surface area contributed by atoms with Crippen molar-refractivity contribution in [2.75, 3.05) is 5.32 Å². The van der Waals surface area contributed by atoms with Gasteiger partial charge < -0.3 is 10.4 Å². The summed E-state index contributed by atoms with van der Waals surface area (Å²) in [5, 5.41) is 17.1. The van der Waals surface area contributed by atoms with Crippen molar-refractivity contribution in [2.45, 2.75) is 19.3 Å². The molecule has 2 heterocycles. The lowest BCUT2D eigenvalue weighted by molar-refractivity contribution is -0.116. The molecule has 1 aromatic heterocycles. The predicted octanol–water partition coefficient (Wildman–Crippen LogP) is 3.36. The summed E-state index contributed by atoms with van der Waals surface area (Å²) < 4.78 is 1.79. The number of aromatic nitrogens is 2. The highest BCUT2D eigenvalue weighted by Gasteiger charge is 2.32. The Hall–Kier alpha value is -3.08. The van der Waals surface area contributed by atoms with E-state index in [2.05, 4.69) is 10.4 Å². The van der Waals surface area contributed by atoms with E-state index in [9.17, 15) is 9.90 Å². The second kappa shape index (κ2) is 5.53. The molecule has 120 valence electrons. The van der Waals surface area contributed by atoms with Crippen LogP contribution in [0.25, 0.3) is 5.69 Å². The molecular weight excluding hydrogens is 302 g/mol. The van der Waals surface area contributed by atoms with Gasteiger partial charge in [0.15, 0.2) is 0 Å². The number of fused-ring (bicyclic) bond motifs is 1. The number of para-hydroxylation sites is 1. The summed E-state index contributed by atoms with van der Waals surface area (Å²) in [6.45, 7) is 1.96. The first kappa shape index (κ1) is 14.5. The van der Waals surface area contributed by atoms with Gasteiger partial charge in [0, 0.05) is 17.9 Å². The summed E-state index contributed by atoms with van der Waals surface area (Å²) in [6, 6.07) is 16.8. The maximum atomic E-state index is 12.3. The van der Waals surface area contributed by atoms with Crippen molar-refractivity contribution in [3.05, 3.63) is 71.4 Å². The van der Waals surface area contributed by atoms with Crippen LogP contribution in [-0.4, -0.2) is 20.8 Å². The second-order valence-corrected chi connectivity index (χ2v) is 5.99. The Labute approximate surface area is 139 Å². The fraction of sp³-hybridized carbons (Fsp3) is 0.158. The van der Waals surface area contributed by atoms with E-state index in [0.29, 0.717) is 6.42 Å². The van der Waals surface area contributed by atoms with Gasteiger partial charge in [-0.05, 0) is 36.8 Å². The molecule has 1 amide bonds. The highest BCUT2D eigenvalue weighted by atomic mass is 16.3. The van der Waals surface area contributed by atoms with Gasteiger partial charge in [0.05, 0.1) is 11.4 Å². The van der Waals surface area contributed by atoms with E-state index < -0.39 is 0 Å². The lowest BCUT2D eigenvalue weighted by Crippen LogP contribution is -2.24. The summed E-state index contributed by atoms with van der Waals surface area (Å²) in [7, 11) is 0. The van der Waals surface area contributed by atoms with Crippen molar-refractivity contribution < 1.29 is 9.90 Å². The lowest BCUT2D eigenvalue weighted by Gasteiger charge is -2.24. The molecule has 0 radical (unpaired) electrons. The smallest absolute Gasteiger partial charge is 0.226 e. The van der Waals surface area contributed by atoms with E-state index in [1.807, 2.05) is 49.4 Å². The lowest BCUT2D eigenvalue weighted by atomic mass is 9.86. The van der Waals surface area contributed by atoms with Gasteiger partial charge in [-0.15, -0.1) is 0 Å². The first-order valence-corrected chi connectivity index (χ1v) is 7.87. The maximum absolute atomic E-state index is 12.3. The minimum Gasteiger partial charge on any atom is -0.508 e. The van der Waals surface area contributed by atoms with Gasteiger partial charge in [-0.2, -0.15) is 5.10 Å². The van der Waals surface area contributed by atoms with Gasteiger partial charge in [-0.1, -0.05) is 30.3 Å². The van der Waals surface area contributed by atoms with Crippen molar-refractivity contribution in [1.29, 1.82) is 0 Å². The van der Waals surface area contributed by atoms with E-state index in [1.54, 1.807) is 16.8 Å². The minimum absolute atomic E-state index is 0.0299. The molecule has 5 nitrogen and oxygen atoms in total. The molecule has 0 saturated carbocycles. The molecule has 3 aromatic rings. The Kier molecular flexibility index (Phi) is 3.34. The zero-order valence-electron chi connectivity index (χ0n) is 13.2. The second-order valence-electron chi connectivity index (χ2n) is 5.99. The van der Waals surface area contributed by atoms with Crippen molar-refractivity contribution in [1.82, 2.24) is 9.78 Å². The Morgan fingerprint density at radius 1 is 1.12 bits per heavy atom. The van der Waals surface area contributed by atoms with Gasteiger partial charge in [-0.3, -0.25) is 4.79 Å². The number of anilines is 1. The van der Waals surface area contributed by atoms with Crippen molar-refractivity contribution in [3.8, 4) is 11.4 Å². The molecule has 0 fully saturated rings. The number of carbonyl (C=O) groups excluding carboxylic acids is 1. The van der Waals surface area contributed by atoms with Gasteiger partial charge in [0.1, 0.15) is 11.6 Å². The van der Waals surface area contributed by atoms with Crippen LogP contribution in [0.5, 0.6) is 5.75 Å². The average molecular weight is 319 g/mol. The number of amides is 1. The van der Waals surface area contributed by atoms with Crippen LogP contribution < -0.4 is 5.32 Å². The normalized spacial score (nSPS) is 16.5. The predicted molar refractivity (Wildman–Crippen MR) is 91.5 cm³/mol. The Morgan fingerprint density at radius 2 is 1.83 bits per heavy atom. The molecule has 0 bridgehead atoms. The highest BCUT2D eigenvalue weighted by Crippen LogP contribution is 2.40. The number of phenolic OH excluding ortho intramolecular Hbond substituents is 1. The number of nitrogens with one attached hydrogen (secondary N) is 1. The fourth-order valence-electron chi connectivity index (χ4n) is 3.29. The van der Waals surface area contributed by atoms with Crippen LogP contribution in [0.2, 0.25) is 0 Å². The van der Waals surface area contributed by atoms with E-state index >= 15 is 0 Å². The van der Waals surface area contributed by atoms with Crippen LogP contribution in [0.1, 0.15) is 29.2 Å². The third kappa shape index (κ3) is 2.34. The number of aromatic hydroxyl groups is 1. The molecule has 2 aromatic carbocycles. The standard InChI is InChI=1S/C19H17N3O2/c1-12-18-16(13-7-9-15(23)10-8-13)11-17(24)20-19(18)22(21-12)14-5-3-2-4-6-14/h2-10,16,23H,11H2,1H3,(H,20,24). The van der Waals surface area contributed by atoms with Crippen molar-refractivity contribution in [3.63, 3.8) is 0 Å². The first-order valence-electron chi connectivity index (χ1n) is 7.87. The fourth-order valence-corrected chi connectivity index (χ4v) is 3.29. The molecular formula is C19H17N3O2. The van der Waals surface area contributed by atoms with Crippen LogP contribution in [-0.2, 0) is 4.79 Å². The van der Waals surface area contributed by atoms with E-state index in [4.69, 9.17) is 0 Å².